The molecule has 2 aliphatic heterocycles. The van der Waals surface area contributed by atoms with Crippen LogP contribution in [-0.4, -0.2) is 42.8 Å². The van der Waals surface area contributed by atoms with E-state index in [4.69, 9.17) is 15.3 Å². The van der Waals surface area contributed by atoms with Gasteiger partial charge in [0.1, 0.15) is 5.60 Å². The average molecular weight is 353 g/mol. The van der Waals surface area contributed by atoms with E-state index in [0.29, 0.717) is 30.8 Å². The highest BCUT2D eigenvalue weighted by Gasteiger charge is 2.57. The number of nitrogens with zero attached hydrogens (tertiary/aromatic N) is 3. The summed E-state index contributed by atoms with van der Waals surface area (Å²) in [5, 5.41) is 20.4. The fourth-order valence-electron chi connectivity index (χ4n) is 3.80. The molecule has 24 heavy (non-hydrogen) atoms. The standard InChI is InChI=1S/C11H16N2O2.C6H8N2.ClH/c1-11(2,3)15-10(14)13-5-8-7(4-12)9(8)6-13;7-1-4-5-2-8-3-6(4)5;/h7-9H,5-6H2,1-3H3;4-6,8H,2-3H2;1H. The van der Waals surface area contributed by atoms with Crippen LogP contribution in [0.15, 0.2) is 0 Å². The largest absolute Gasteiger partial charge is 0.444 e. The van der Waals surface area contributed by atoms with Crippen molar-refractivity contribution in [1.82, 2.24) is 10.2 Å². The first-order chi connectivity index (χ1) is 10.9. The van der Waals surface area contributed by atoms with E-state index in [1.807, 2.05) is 20.8 Å². The molecule has 2 aliphatic carbocycles. The molecule has 4 atom stereocenters. The van der Waals surface area contributed by atoms with Crippen LogP contribution in [0.2, 0.25) is 0 Å². The summed E-state index contributed by atoms with van der Waals surface area (Å²) >= 11 is 0. The Bertz CT molecular complexity index is 555. The van der Waals surface area contributed by atoms with Crippen LogP contribution < -0.4 is 5.32 Å². The summed E-state index contributed by atoms with van der Waals surface area (Å²) in [5.74, 6) is 2.85. The third-order valence-corrected chi connectivity index (χ3v) is 5.24. The van der Waals surface area contributed by atoms with Gasteiger partial charge in [0.2, 0.25) is 0 Å². The molecule has 0 radical (unpaired) electrons. The molecular formula is C17H25ClN4O2. The summed E-state index contributed by atoms with van der Waals surface area (Å²) in [7, 11) is 0. The van der Waals surface area contributed by atoms with Crippen LogP contribution in [0, 0.1) is 58.2 Å². The highest BCUT2D eigenvalue weighted by Crippen LogP contribution is 2.51. The lowest BCUT2D eigenvalue weighted by Crippen LogP contribution is -2.36. The number of piperidine rings is 2. The minimum absolute atomic E-state index is 0. The summed E-state index contributed by atoms with van der Waals surface area (Å²) in [4.78, 5) is 13.4. The first-order valence-corrected chi connectivity index (χ1v) is 8.33. The first-order valence-electron chi connectivity index (χ1n) is 8.33. The van der Waals surface area contributed by atoms with Crippen molar-refractivity contribution in [3.63, 3.8) is 0 Å². The Morgan fingerprint density at radius 1 is 1.04 bits per heavy atom. The summed E-state index contributed by atoms with van der Waals surface area (Å²) < 4.78 is 5.26. The molecule has 4 aliphatic rings. The molecule has 132 valence electrons. The van der Waals surface area contributed by atoms with Crippen molar-refractivity contribution in [3.8, 4) is 12.1 Å². The van der Waals surface area contributed by atoms with Crippen LogP contribution in [0.25, 0.3) is 0 Å². The molecule has 0 bridgehead atoms. The fourth-order valence-corrected chi connectivity index (χ4v) is 3.80. The predicted molar refractivity (Wildman–Crippen MR) is 90.1 cm³/mol. The van der Waals surface area contributed by atoms with Crippen molar-refractivity contribution < 1.29 is 9.53 Å². The molecule has 4 fully saturated rings. The molecule has 0 aromatic carbocycles. The highest BCUT2D eigenvalue weighted by atomic mass is 35.5. The van der Waals surface area contributed by atoms with Crippen molar-refractivity contribution in [2.45, 2.75) is 26.4 Å². The lowest BCUT2D eigenvalue weighted by molar-refractivity contribution is 0.0269. The molecule has 2 saturated heterocycles. The number of carbonyl (C=O) groups excluding carboxylic acids is 1. The van der Waals surface area contributed by atoms with E-state index in [1.54, 1.807) is 4.90 Å². The molecule has 2 heterocycles. The minimum atomic E-state index is -0.432. The van der Waals surface area contributed by atoms with Crippen LogP contribution in [0.5, 0.6) is 0 Å². The number of nitriles is 2. The first kappa shape index (κ1) is 18.8. The van der Waals surface area contributed by atoms with E-state index in [2.05, 4.69) is 17.5 Å². The summed E-state index contributed by atoms with van der Waals surface area (Å²) in [5.41, 5.74) is -0.432. The number of hydrogen-bond donors (Lipinski definition) is 1. The van der Waals surface area contributed by atoms with Gasteiger partial charge in [-0.05, 0) is 57.5 Å². The Balaban J connectivity index is 0.000000195. The fraction of sp³-hybridized carbons (Fsp3) is 0.824. The van der Waals surface area contributed by atoms with E-state index in [9.17, 15) is 4.79 Å². The van der Waals surface area contributed by atoms with Crippen LogP contribution in [0.3, 0.4) is 0 Å². The Hall–Kier alpha value is -1.50. The SMILES string of the molecule is CC(C)(C)OC(=O)N1CC2C(C#N)C2C1.Cl.N#CC1C2CNCC12. The van der Waals surface area contributed by atoms with Gasteiger partial charge in [0.25, 0.3) is 0 Å². The molecule has 1 N–H and O–H groups in total. The molecule has 2 saturated carbocycles. The van der Waals surface area contributed by atoms with Gasteiger partial charge in [-0.3, -0.25) is 0 Å². The third-order valence-electron chi connectivity index (χ3n) is 5.24. The van der Waals surface area contributed by atoms with Gasteiger partial charge in [0.05, 0.1) is 24.0 Å². The number of rotatable bonds is 0. The second kappa shape index (κ2) is 6.78. The third kappa shape index (κ3) is 3.77. The molecule has 4 rings (SSSR count). The number of nitrogens with one attached hydrogen (secondary N) is 1. The van der Waals surface area contributed by atoms with E-state index in [0.717, 1.165) is 24.9 Å². The Kier molecular flexibility index (Phi) is 5.32. The van der Waals surface area contributed by atoms with Gasteiger partial charge in [0.15, 0.2) is 0 Å². The van der Waals surface area contributed by atoms with Gasteiger partial charge in [-0.1, -0.05) is 0 Å². The average Bonchev–Trinajstić information content (AvgIpc) is 3.14. The zero-order valence-corrected chi connectivity index (χ0v) is 15.2. The van der Waals surface area contributed by atoms with Crippen LogP contribution in [0.4, 0.5) is 4.79 Å². The molecule has 0 aromatic heterocycles. The molecule has 0 aromatic rings. The van der Waals surface area contributed by atoms with Gasteiger partial charge in [0, 0.05) is 13.1 Å². The Morgan fingerprint density at radius 2 is 1.50 bits per heavy atom. The monoisotopic (exact) mass is 352 g/mol. The molecule has 4 unspecified atom stereocenters. The predicted octanol–water partition coefficient (Wildman–Crippen LogP) is 2.02. The van der Waals surface area contributed by atoms with Crippen molar-refractivity contribution in [2.24, 2.45) is 35.5 Å². The molecule has 7 heteroatoms. The number of hydrogen-bond acceptors (Lipinski definition) is 5. The van der Waals surface area contributed by atoms with Crippen molar-refractivity contribution in [2.75, 3.05) is 26.2 Å². The normalized spacial score (nSPS) is 37.5. The number of carbonyl (C=O) groups is 1. The van der Waals surface area contributed by atoms with Crippen LogP contribution in [-0.2, 0) is 4.74 Å². The maximum Gasteiger partial charge on any atom is 0.410 e. The van der Waals surface area contributed by atoms with E-state index in [1.165, 1.54) is 0 Å². The lowest BCUT2D eigenvalue weighted by atomic mass is 10.2. The van der Waals surface area contributed by atoms with Gasteiger partial charge in [-0.15, -0.1) is 12.4 Å². The van der Waals surface area contributed by atoms with Gasteiger partial charge in [-0.2, -0.15) is 10.5 Å². The van der Waals surface area contributed by atoms with Gasteiger partial charge >= 0.3 is 6.09 Å². The number of amides is 1. The van der Waals surface area contributed by atoms with E-state index < -0.39 is 5.60 Å². The second-order valence-electron chi connectivity index (χ2n) is 8.01. The summed E-state index contributed by atoms with van der Waals surface area (Å²) in [6.45, 7) is 9.14. The smallest absolute Gasteiger partial charge is 0.410 e. The second-order valence-corrected chi connectivity index (χ2v) is 8.01. The molecule has 1 amide bonds. The number of fused-ring (bicyclic) bond motifs is 2. The summed E-state index contributed by atoms with van der Waals surface area (Å²) in [6.07, 6.45) is -0.244. The van der Waals surface area contributed by atoms with Crippen molar-refractivity contribution in [1.29, 1.82) is 10.5 Å². The topological polar surface area (TPSA) is 89.2 Å². The van der Waals surface area contributed by atoms with Crippen molar-refractivity contribution >= 4 is 18.5 Å². The van der Waals surface area contributed by atoms with Gasteiger partial charge in [-0.25, -0.2) is 4.79 Å². The molecular weight excluding hydrogens is 328 g/mol. The maximum atomic E-state index is 11.6. The number of ether oxygens (including phenoxy) is 1. The zero-order valence-electron chi connectivity index (χ0n) is 14.4. The highest BCUT2D eigenvalue weighted by molar-refractivity contribution is 5.85. The Morgan fingerprint density at radius 3 is 1.88 bits per heavy atom. The maximum absolute atomic E-state index is 11.6. The molecule has 6 nitrogen and oxygen atoms in total. The molecule has 0 spiro atoms. The van der Waals surface area contributed by atoms with Crippen molar-refractivity contribution in [3.05, 3.63) is 0 Å². The van der Waals surface area contributed by atoms with E-state index >= 15 is 0 Å². The summed E-state index contributed by atoms with van der Waals surface area (Å²) in [6, 6.07) is 4.57. The lowest BCUT2D eigenvalue weighted by Gasteiger charge is -2.25. The number of likely N-dealkylation sites (tertiary alicyclic amines) is 1. The zero-order chi connectivity index (χ0) is 16.8. The van der Waals surface area contributed by atoms with Gasteiger partial charge < -0.3 is 15.0 Å². The minimum Gasteiger partial charge on any atom is -0.444 e. The van der Waals surface area contributed by atoms with Crippen LogP contribution in [0.1, 0.15) is 20.8 Å². The van der Waals surface area contributed by atoms with Crippen LogP contribution >= 0.6 is 12.4 Å². The van der Waals surface area contributed by atoms with E-state index in [-0.39, 0.29) is 24.4 Å². The number of halogens is 1. The Labute approximate surface area is 149 Å². The quantitative estimate of drug-likeness (QED) is 0.720.